The zero-order valence-electron chi connectivity index (χ0n) is 19.8. The second-order valence-corrected chi connectivity index (χ2v) is 10.6. The minimum absolute atomic E-state index is 0.332. The SMILES string of the molecule is CCCCN(CCCC)c1nc2cc(OCCC(C)CC(C)(C)C)c(N=N)cc2s1. The van der Waals surface area contributed by atoms with Gasteiger partial charge >= 0.3 is 0 Å². The molecule has 1 atom stereocenters. The maximum absolute atomic E-state index is 7.59. The van der Waals surface area contributed by atoms with Crippen molar-refractivity contribution in [2.75, 3.05) is 24.6 Å². The molecular weight excluding hydrogens is 392 g/mol. The predicted molar refractivity (Wildman–Crippen MR) is 130 cm³/mol. The number of fused-ring (bicyclic) bond motifs is 1. The summed E-state index contributed by atoms with van der Waals surface area (Å²) in [6.07, 6.45) is 6.88. The van der Waals surface area contributed by atoms with Crippen molar-refractivity contribution in [3.05, 3.63) is 12.1 Å². The highest BCUT2D eigenvalue weighted by atomic mass is 32.1. The second-order valence-electron chi connectivity index (χ2n) is 9.60. The average molecular weight is 433 g/mol. The first-order valence-electron chi connectivity index (χ1n) is 11.5. The van der Waals surface area contributed by atoms with Crippen LogP contribution in [-0.2, 0) is 0 Å². The number of ether oxygens (including phenoxy) is 1. The van der Waals surface area contributed by atoms with Gasteiger partial charge in [0.1, 0.15) is 11.4 Å². The summed E-state index contributed by atoms with van der Waals surface area (Å²) in [5.41, 5.74) is 9.46. The Morgan fingerprint density at radius 1 is 1.17 bits per heavy atom. The molecule has 1 heterocycles. The van der Waals surface area contributed by atoms with Gasteiger partial charge < -0.3 is 9.64 Å². The fourth-order valence-electron chi connectivity index (χ4n) is 3.79. The quantitative estimate of drug-likeness (QED) is 0.324. The molecule has 5 nitrogen and oxygen atoms in total. The number of benzene rings is 1. The smallest absolute Gasteiger partial charge is 0.186 e. The Labute approximate surface area is 186 Å². The molecule has 0 fully saturated rings. The van der Waals surface area contributed by atoms with Gasteiger partial charge in [-0.05, 0) is 43.1 Å². The number of hydrogen-bond donors (Lipinski definition) is 1. The zero-order chi connectivity index (χ0) is 22.1. The van der Waals surface area contributed by atoms with E-state index >= 15 is 0 Å². The fraction of sp³-hybridized carbons (Fsp3) is 0.708. The van der Waals surface area contributed by atoms with Crippen molar-refractivity contribution in [1.29, 1.82) is 5.53 Å². The first-order valence-corrected chi connectivity index (χ1v) is 12.3. The van der Waals surface area contributed by atoms with Crippen LogP contribution in [0.2, 0.25) is 0 Å². The molecule has 1 aromatic carbocycles. The number of hydrogen-bond acceptors (Lipinski definition) is 6. The van der Waals surface area contributed by atoms with E-state index in [-0.39, 0.29) is 0 Å². The van der Waals surface area contributed by atoms with Crippen LogP contribution in [0.5, 0.6) is 5.75 Å². The molecule has 1 unspecified atom stereocenters. The van der Waals surface area contributed by atoms with Gasteiger partial charge in [0, 0.05) is 19.2 Å². The summed E-state index contributed by atoms with van der Waals surface area (Å²) in [4.78, 5) is 7.31. The summed E-state index contributed by atoms with van der Waals surface area (Å²) in [5, 5.41) is 4.79. The van der Waals surface area contributed by atoms with E-state index in [1.165, 1.54) is 32.1 Å². The van der Waals surface area contributed by atoms with Gasteiger partial charge in [0.05, 0.1) is 16.8 Å². The molecule has 1 N–H and O–H groups in total. The van der Waals surface area contributed by atoms with E-state index in [4.69, 9.17) is 15.3 Å². The van der Waals surface area contributed by atoms with Crippen LogP contribution < -0.4 is 9.64 Å². The van der Waals surface area contributed by atoms with Gasteiger partial charge in [0.15, 0.2) is 5.13 Å². The van der Waals surface area contributed by atoms with Gasteiger partial charge in [0.2, 0.25) is 0 Å². The molecule has 0 saturated carbocycles. The van der Waals surface area contributed by atoms with Crippen LogP contribution in [-0.4, -0.2) is 24.7 Å². The number of nitrogens with one attached hydrogen (secondary N) is 1. The van der Waals surface area contributed by atoms with E-state index in [1.54, 1.807) is 11.3 Å². The van der Waals surface area contributed by atoms with Crippen molar-refractivity contribution in [2.24, 2.45) is 16.4 Å². The third-order valence-electron chi connectivity index (χ3n) is 5.24. The normalized spacial score (nSPS) is 12.9. The molecule has 30 heavy (non-hydrogen) atoms. The third kappa shape index (κ3) is 7.53. The monoisotopic (exact) mass is 432 g/mol. The van der Waals surface area contributed by atoms with Crippen molar-refractivity contribution in [3.8, 4) is 5.75 Å². The summed E-state index contributed by atoms with van der Waals surface area (Å²) in [5.74, 6) is 1.27. The Kier molecular flexibility index (Phi) is 9.53. The van der Waals surface area contributed by atoms with E-state index < -0.39 is 0 Å². The Morgan fingerprint density at radius 3 is 2.40 bits per heavy atom. The van der Waals surface area contributed by atoms with Crippen LogP contribution in [0.3, 0.4) is 0 Å². The molecule has 0 radical (unpaired) electrons. The van der Waals surface area contributed by atoms with Crippen molar-refractivity contribution in [3.63, 3.8) is 0 Å². The van der Waals surface area contributed by atoms with Crippen molar-refractivity contribution >= 4 is 32.4 Å². The number of nitrogens with zero attached hydrogens (tertiary/aromatic N) is 3. The van der Waals surface area contributed by atoms with Crippen LogP contribution in [0.1, 0.15) is 80.1 Å². The lowest BCUT2D eigenvalue weighted by molar-refractivity contribution is 0.241. The van der Waals surface area contributed by atoms with E-state index in [0.717, 1.165) is 34.9 Å². The molecule has 1 aromatic heterocycles. The number of rotatable bonds is 13. The standard InChI is InChI=1S/C24H40N4OS/c1-7-9-12-28(13-10-8-2)23-26-20-15-21(19(27-25)16-22(20)30-23)29-14-11-18(3)17-24(4,5)6/h15-16,18,25H,7-14,17H2,1-6H3. The van der Waals surface area contributed by atoms with Crippen molar-refractivity contribution in [1.82, 2.24) is 4.98 Å². The predicted octanol–water partition coefficient (Wildman–Crippen LogP) is 8.21. The topological polar surface area (TPSA) is 61.6 Å². The molecule has 0 aliphatic carbocycles. The van der Waals surface area contributed by atoms with Crippen LogP contribution in [0.15, 0.2) is 17.2 Å². The summed E-state index contributed by atoms with van der Waals surface area (Å²) in [6, 6.07) is 3.92. The van der Waals surface area contributed by atoms with Crippen LogP contribution in [0.4, 0.5) is 10.8 Å². The molecular formula is C24H40N4OS. The largest absolute Gasteiger partial charge is 0.491 e. The van der Waals surface area contributed by atoms with E-state index in [0.29, 0.717) is 29.4 Å². The minimum Gasteiger partial charge on any atom is -0.491 e. The van der Waals surface area contributed by atoms with Gasteiger partial charge in [-0.3, -0.25) is 0 Å². The Bertz CT molecular complexity index is 788. The molecule has 168 valence electrons. The number of unbranched alkanes of at least 4 members (excludes halogenated alkanes) is 2. The van der Waals surface area contributed by atoms with Crippen LogP contribution in [0.25, 0.3) is 10.2 Å². The highest BCUT2D eigenvalue weighted by molar-refractivity contribution is 7.22. The Balaban J connectivity index is 2.14. The lowest BCUT2D eigenvalue weighted by atomic mass is 9.84. The molecule has 0 aliphatic rings. The van der Waals surface area contributed by atoms with Crippen LogP contribution in [0, 0.1) is 16.9 Å². The number of aromatic nitrogens is 1. The minimum atomic E-state index is 0.332. The summed E-state index contributed by atoms with van der Waals surface area (Å²) in [6.45, 7) is 16.3. The lowest BCUT2D eigenvalue weighted by Gasteiger charge is -2.23. The molecule has 0 bridgehead atoms. The fourth-order valence-corrected chi connectivity index (χ4v) is 4.82. The van der Waals surface area contributed by atoms with Gasteiger partial charge in [-0.1, -0.05) is 65.7 Å². The molecule has 0 saturated heterocycles. The third-order valence-corrected chi connectivity index (χ3v) is 6.32. The highest BCUT2D eigenvalue weighted by Crippen LogP contribution is 2.38. The van der Waals surface area contributed by atoms with Gasteiger partial charge in [0.25, 0.3) is 0 Å². The highest BCUT2D eigenvalue weighted by Gasteiger charge is 2.17. The van der Waals surface area contributed by atoms with E-state index in [2.05, 4.69) is 51.6 Å². The second kappa shape index (κ2) is 11.6. The maximum Gasteiger partial charge on any atom is 0.186 e. The van der Waals surface area contributed by atoms with Gasteiger partial charge in [-0.2, -0.15) is 5.11 Å². The molecule has 2 rings (SSSR count). The molecule has 6 heteroatoms. The number of anilines is 1. The Morgan fingerprint density at radius 2 is 1.83 bits per heavy atom. The Hall–Kier alpha value is -1.69. The zero-order valence-corrected chi connectivity index (χ0v) is 20.6. The van der Waals surface area contributed by atoms with Crippen molar-refractivity contribution in [2.45, 2.75) is 80.1 Å². The molecule has 0 amide bonds. The first-order chi connectivity index (χ1) is 14.3. The molecule has 0 aliphatic heterocycles. The van der Waals surface area contributed by atoms with Gasteiger partial charge in [-0.15, -0.1) is 0 Å². The summed E-state index contributed by atoms with van der Waals surface area (Å²) >= 11 is 1.70. The number of thiazole rings is 1. The van der Waals surface area contributed by atoms with E-state index in [1.807, 2.05) is 12.1 Å². The molecule has 2 aromatic rings. The van der Waals surface area contributed by atoms with Crippen molar-refractivity contribution < 1.29 is 4.74 Å². The van der Waals surface area contributed by atoms with Gasteiger partial charge in [-0.25, -0.2) is 10.5 Å². The first kappa shape index (κ1) is 24.6. The van der Waals surface area contributed by atoms with E-state index in [9.17, 15) is 0 Å². The molecule has 0 spiro atoms. The summed E-state index contributed by atoms with van der Waals surface area (Å²) < 4.78 is 7.13. The average Bonchev–Trinajstić information content (AvgIpc) is 3.08. The lowest BCUT2D eigenvalue weighted by Crippen LogP contribution is -2.25. The van der Waals surface area contributed by atoms with Crippen LogP contribution >= 0.6 is 11.3 Å². The summed E-state index contributed by atoms with van der Waals surface area (Å²) in [7, 11) is 0. The maximum atomic E-state index is 7.59.